The van der Waals surface area contributed by atoms with Gasteiger partial charge in [0.1, 0.15) is 6.04 Å². The molecule has 0 unspecified atom stereocenters. The summed E-state index contributed by atoms with van der Waals surface area (Å²) in [6.45, 7) is 1.16. The highest BCUT2D eigenvalue weighted by Crippen LogP contribution is 2.19. The van der Waals surface area contributed by atoms with Crippen molar-refractivity contribution in [2.75, 3.05) is 13.1 Å². The van der Waals surface area contributed by atoms with Gasteiger partial charge >= 0.3 is 12.0 Å². The molecule has 1 atom stereocenters. The van der Waals surface area contributed by atoms with Gasteiger partial charge in [-0.3, -0.25) is 4.79 Å². The summed E-state index contributed by atoms with van der Waals surface area (Å²) >= 11 is 0. The first kappa shape index (κ1) is 19.5. The van der Waals surface area contributed by atoms with E-state index in [4.69, 9.17) is 5.11 Å². The van der Waals surface area contributed by atoms with Crippen LogP contribution in [0.1, 0.15) is 70.6 Å². The molecule has 0 spiro atoms. The lowest BCUT2D eigenvalue weighted by atomic mass is 9.96. The van der Waals surface area contributed by atoms with E-state index < -0.39 is 12.0 Å². The van der Waals surface area contributed by atoms with Crippen LogP contribution in [0, 0.1) is 0 Å². The van der Waals surface area contributed by atoms with Gasteiger partial charge in [-0.2, -0.15) is 0 Å². The molecule has 7 nitrogen and oxygen atoms in total. The van der Waals surface area contributed by atoms with Crippen LogP contribution in [0.3, 0.4) is 0 Å². The Balaban J connectivity index is 1.50. The molecule has 0 aromatic rings. The molecular formula is C18H31N3O4. The van der Waals surface area contributed by atoms with Crippen molar-refractivity contribution >= 4 is 17.9 Å². The highest BCUT2D eigenvalue weighted by Gasteiger charge is 2.33. The average Bonchev–Trinajstić information content (AvgIpc) is 3.09. The van der Waals surface area contributed by atoms with E-state index in [1.165, 1.54) is 24.2 Å². The Morgan fingerprint density at radius 1 is 0.960 bits per heavy atom. The van der Waals surface area contributed by atoms with Crippen molar-refractivity contribution in [1.82, 2.24) is 15.5 Å². The molecule has 1 saturated heterocycles. The minimum Gasteiger partial charge on any atom is -0.480 e. The zero-order valence-electron chi connectivity index (χ0n) is 15.0. The first-order valence-electron chi connectivity index (χ1n) is 9.64. The fourth-order valence-corrected chi connectivity index (χ4v) is 3.73. The number of carbonyl (C=O) groups excluding carboxylic acids is 2. The number of nitrogens with one attached hydrogen (secondary N) is 2. The number of hydrogen-bond donors (Lipinski definition) is 3. The molecule has 1 aliphatic carbocycles. The lowest BCUT2D eigenvalue weighted by molar-refractivity contribution is -0.148. The van der Waals surface area contributed by atoms with E-state index in [0.29, 0.717) is 32.0 Å². The summed E-state index contributed by atoms with van der Waals surface area (Å²) < 4.78 is 0. The molecule has 2 fully saturated rings. The van der Waals surface area contributed by atoms with Crippen LogP contribution in [-0.2, 0) is 9.59 Å². The summed E-state index contributed by atoms with van der Waals surface area (Å²) in [6, 6.07) is -0.420. The lowest BCUT2D eigenvalue weighted by Gasteiger charge is -2.22. The summed E-state index contributed by atoms with van der Waals surface area (Å²) in [7, 11) is 0. The van der Waals surface area contributed by atoms with Crippen LogP contribution >= 0.6 is 0 Å². The monoisotopic (exact) mass is 353 g/mol. The van der Waals surface area contributed by atoms with Gasteiger partial charge in [-0.1, -0.05) is 25.7 Å². The molecule has 142 valence electrons. The molecule has 0 radical (unpaired) electrons. The standard InChI is InChI=1S/C18H31N3O4/c22-16(21-13-7-10-15(21)17(23)24)11-5-2-6-12-19-18(25)20-14-8-3-1-4-9-14/h14-15H,1-13H2,(H,23,24)(H2,19,20,25)/t15-/m1/s1. The van der Waals surface area contributed by atoms with E-state index >= 15 is 0 Å². The van der Waals surface area contributed by atoms with Gasteiger partial charge in [-0.25, -0.2) is 9.59 Å². The van der Waals surface area contributed by atoms with Gasteiger partial charge in [0.05, 0.1) is 0 Å². The second kappa shape index (κ2) is 10.3. The molecule has 25 heavy (non-hydrogen) atoms. The fourth-order valence-electron chi connectivity index (χ4n) is 3.73. The third-order valence-electron chi connectivity index (χ3n) is 5.15. The van der Waals surface area contributed by atoms with Gasteiger partial charge in [0.2, 0.25) is 5.91 Å². The number of hydrogen-bond acceptors (Lipinski definition) is 3. The Kier molecular flexibility index (Phi) is 8.01. The number of carboxylic acids is 1. The fraction of sp³-hybridized carbons (Fsp3) is 0.833. The SMILES string of the molecule is O=C(NCCCCCC(=O)N1CCC[C@@H]1C(=O)O)NC1CCCCC1. The van der Waals surface area contributed by atoms with Crippen molar-refractivity contribution in [2.24, 2.45) is 0 Å². The summed E-state index contributed by atoms with van der Waals surface area (Å²) in [5.74, 6) is -0.966. The number of carbonyl (C=O) groups is 3. The Morgan fingerprint density at radius 3 is 2.44 bits per heavy atom. The van der Waals surface area contributed by atoms with Crippen LogP contribution in [0.4, 0.5) is 4.79 Å². The van der Waals surface area contributed by atoms with Crippen molar-refractivity contribution in [3.05, 3.63) is 0 Å². The topological polar surface area (TPSA) is 98.7 Å². The molecule has 0 bridgehead atoms. The van der Waals surface area contributed by atoms with Crippen LogP contribution in [-0.4, -0.2) is 53.1 Å². The van der Waals surface area contributed by atoms with Crippen LogP contribution in [0.2, 0.25) is 0 Å². The summed E-state index contributed by atoms with van der Waals surface area (Å²) in [6.07, 6.45) is 9.91. The number of urea groups is 1. The van der Waals surface area contributed by atoms with Crippen molar-refractivity contribution in [2.45, 2.75) is 82.7 Å². The third-order valence-corrected chi connectivity index (χ3v) is 5.15. The first-order valence-corrected chi connectivity index (χ1v) is 9.64. The molecule has 1 heterocycles. The maximum Gasteiger partial charge on any atom is 0.326 e. The predicted octanol–water partition coefficient (Wildman–Crippen LogP) is 2.25. The molecule has 3 N–H and O–H groups in total. The van der Waals surface area contributed by atoms with E-state index in [2.05, 4.69) is 10.6 Å². The molecule has 1 saturated carbocycles. The molecule has 0 aromatic carbocycles. The van der Waals surface area contributed by atoms with E-state index in [1.807, 2.05) is 0 Å². The third kappa shape index (κ3) is 6.55. The Labute approximate surface area is 149 Å². The van der Waals surface area contributed by atoms with Gasteiger partial charge < -0.3 is 20.6 Å². The van der Waals surface area contributed by atoms with Gasteiger partial charge in [-0.05, 0) is 38.5 Å². The van der Waals surface area contributed by atoms with Crippen molar-refractivity contribution in [3.63, 3.8) is 0 Å². The second-order valence-electron chi connectivity index (χ2n) is 7.13. The number of carboxylic acid groups (broad SMARTS) is 1. The number of rotatable bonds is 8. The van der Waals surface area contributed by atoms with E-state index in [9.17, 15) is 14.4 Å². The summed E-state index contributed by atoms with van der Waals surface area (Å²) in [5, 5.41) is 15.0. The Hall–Kier alpha value is -1.79. The van der Waals surface area contributed by atoms with E-state index in [-0.39, 0.29) is 11.9 Å². The molecule has 3 amide bonds. The minimum absolute atomic E-state index is 0.0621. The number of aliphatic carboxylic acids is 1. The van der Waals surface area contributed by atoms with Gasteiger partial charge in [0.15, 0.2) is 0 Å². The second-order valence-corrected chi connectivity index (χ2v) is 7.13. The van der Waals surface area contributed by atoms with Crippen molar-refractivity contribution in [3.8, 4) is 0 Å². The number of nitrogens with zero attached hydrogens (tertiary/aromatic N) is 1. The zero-order chi connectivity index (χ0) is 18.1. The van der Waals surface area contributed by atoms with Gasteiger partial charge in [-0.15, -0.1) is 0 Å². The van der Waals surface area contributed by atoms with Crippen LogP contribution in [0.5, 0.6) is 0 Å². The van der Waals surface area contributed by atoms with E-state index in [0.717, 1.165) is 38.5 Å². The van der Waals surface area contributed by atoms with Crippen molar-refractivity contribution < 1.29 is 19.5 Å². The number of unbranched alkanes of at least 4 members (excludes halogenated alkanes) is 2. The molecule has 7 heteroatoms. The highest BCUT2D eigenvalue weighted by atomic mass is 16.4. The largest absolute Gasteiger partial charge is 0.480 e. The number of likely N-dealkylation sites (tertiary alicyclic amines) is 1. The normalized spacial score (nSPS) is 21.1. The smallest absolute Gasteiger partial charge is 0.326 e. The zero-order valence-corrected chi connectivity index (χ0v) is 15.0. The minimum atomic E-state index is -0.904. The maximum atomic E-state index is 12.1. The van der Waals surface area contributed by atoms with Gasteiger partial charge in [0, 0.05) is 25.6 Å². The van der Waals surface area contributed by atoms with Crippen LogP contribution in [0.25, 0.3) is 0 Å². The van der Waals surface area contributed by atoms with Crippen molar-refractivity contribution in [1.29, 1.82) is 0 Å². The number of amides is 3. The van der Waals surface area contributed by atoms with Gasteiger partial charge in [0.25, 0.3) is 0 Å². The maximum absolute atomic E-state index is 12.1. The predicted molar refractivity (Wildman–Crippen MR) is 94.2 cm³/mol. The molecule has 1 aliphatic heterocycles. The lowest BCUT2D eigenvalue weighted by Crippen LogP contribution is -2.43. The highest BCUT2D eigenvalue weighted by molar-refractivity contribution is 5.84. The average molecular weight is 353 g/mol. The quantitative estimate of drug-likeness (QED) is 0.583. The van der Waals surface area contributed by atoms with E-state index in [1.54, 1.807) is 0 Å². The molecule has 2 aliphatic rings. The molecule has 0 aromatic heterocycles. The molecular weight excluding hydrogens is 322 g/mol. The Bertz CT molecular complexity index is 463. The van der Waals surface area contributed by atoms with Crippen LogP contribution < -0.4 is 10.6 Å². The Morgan fingerprint density at radius 2 is 1.72 bits per heavy atom. The molecule has 2 rings (SSSR count). The summed E-state index contributed by atoms with van der Waals surface area (Å²) in [4.78, 5) is 36.5. The first-order chi connectivity index (χ1) is 12.1. The summed E-state index contributed by atoms with van der Waals surface area (Å²) in [5.41, 5.74) is 0. The van der Waals surface area contributed by atoms with Crippen LogP contribution in [0.15, 0.2) is 0 Å².